The van der Waals surface area contributed by atoms with Crippen LogP contribution in [0.2, 0.25) is 0 Å². The van der Waals surface area contributed by atoms with Crippen LogP contribution in [0.5, 0.6) is 0 Å². The van der Waals surface area contributed by atoms with Crippen molar-refractivity contribution in [1.29, 1.82) is 0 Å². The fourth-order valence-electron chi connectivity index (χ4n) is 4.01. The minimum Gasteiger partial charge on any atom is -0.481 e. The van der Waals surface area contributed by atoms with Crippen LogP contribution in [0.15, 0.2) is 48.5 Å². The second-order valence-corrected chi connectivity index (χ2v) is 6.41. The molecule has 2 aromatic carbocycles. The van der Waals surface area contributed by atoms with E-state index in [1.807, 2.05) is 0 Å². The predicted molar refractivity (Wildman–Crippen MR) is 93.9 cm³/mol. The van der Waals surface area contributed by atoms with Crippen molar-refractivity contribution < 1.29 is 29.6 Å². The number of nitro benzene ring substituents is 2. The summed E-state index contributed by atoms with van der Waals surface area (Å²) >= 11 is 0. The summed E-state index contributed by atoms with van der Waals surface area (Å²) in [5, 5.41) is 42.0. The summed E-state index contributed by atoms with van der Waals surface area (Å²) in [7, 11) is 0. The van der Waals surface area contributed by atoms with Gasteiger partial charge < -0.3 is 10.2 Å². The average molecular weight is 386 g/mol. The number of carbonyl (C=O) groups is 2. The zero-order chi connectivity index (χ0) is 20.6. The van der Waals surface area contributed by atoms with Crippen LogP contribution < -0.4 is 0 Å². The van der Waals surface area contributed by atoms with Crippen molar-refractivity contribution in [1.82, 2.24) is 0 Å². The lowest BCUT2D eigenvalue weighted by Gasteiger charge is -2.47. The molecule has 1 aliphatic carbocycles. The minimum absolute atomic E-state index is 0.0422. The van der Waals surface area contributed by atoms with Crippen molar-refractivity contribution in [2.24, 2.45) is 11.8 Å². The van der Waals surface area contributed by atoms with E-state index >= 15 is 0 Å². The Balaban J connectivity index is 2.24. The van der Waals surface area contributed by atoms with E-state index in [1.54, 1.807) is 0 Å². The lowest BCUT2D eigenvalue weighted by molar-refractivity contribution is -0.387. The number of hydrogen-bond acceptors (Lipinski definition) is 6. The van der Waals surface area contributed by atoms with E-state index in [0.29, 0.717) is 0 Å². The van der Waals surface area contributed by atoms with Gasteiger partial charge in [0.2, 0.25) is 0 Å². The molecule has 0 radical (unpaired) electrons. The van der Waals surface area contributed by atoms with Gasteiger partial charge in [-0.05, 0) is 0 Å². The summed E-state index contributed by atoms with van der Waals surface area (Å²) in [5.74, 6) is -7.95. The third-order valence-corrected chi connectivity index (χ3v) is 5.10. The summed E-state index contributed by atoms with van der Waals surface area (Å²) in [6.45, 7) is 0. The molecule has 2 aromatic rings. The van der Waals surface area contributed by atoms with Gasteiger partial charge in [-0.25, -0.2) is 0 Å². The lowest BCUT2D eigenvalue weighted by Crippen LogP contribution is -2.51. The first-order valence-corrected chi connectivity index (χ1v) is 8.18. The Bertz CT molecular complexity index is 910. The largest absolute Gasteiger partial charge is 0.481 e. The molecule has 0 bridgehead atoms. The molecule has 144 valence electrons. The maximum absolute atomic E-state index is 11.8. The average Bonchev–Trinajstić information content (AvgIpc) is 2.60. The minimum atomic E-state index is -1.46. The van der Waals surface area contributed by atoms with Gasteiger partial charge in [0, 0.05) is 35.1 Å². The van der Waals surface area contributed by atoms with Crippen LogP contribution in [0.4, 0.5) is 11.4 Å². The van der Waals surface area contributed by atoms with E-state index in [-0.39, 0.29) is 22.5 Å². The van der Waals surface area contributed by atoms with E-state index in [0.717, 1.165) is 0 Å². The van der Waals surface area contributed by atoms with E-state index in [2.05, 4.69) is 0 Å². The summed E-state index contributed by atoms with van der Waals surface area (Å²) in [6, 6.07) is 10.9. The number of hydrogen-bond donors (Lipinski definition) is 2. The number of para-hydroxylation sites is 2. The van der Waals surface area contributed by atoms with Crippen LogP contribution in [0, 0.1) is 32.1 Å². The van der Waals surface area contributed by atoms with Crippen molar-refractivity contribution in [3.05, 3.63) is 79.9 Å². The number of aliphatic carboxylic acids is 2. The molecule has 0 aromatic heterocycles. The molecule has 1 fully saturated rings. The summed E-state index contributed by atoms with van der Waals surface area (Å²) in [4.78, 5) is 45.0. The highest BCUT2D eigenvalue weighted by molar-refractivity contribution is 5.86. The summed E-state index contributed by atoms with van der Waals surface area (Å²) in [5.41, 5.74) is -0.626. The van der Waals surface area contributed by atoms with Crippen LogP contribution in [0.1, 0.15) is 23.0 Å². The molecule has 0 spiro atoms. The van der Waals surface area contributed by atoms with E-state index in [1.165, 1.54) is 48.5 Å². The van der Waals surface area contributed by atoms with Crippen molar-refractivity contribution in [2.75, 3.05) is 0 Å². The second kappa shape index (κ2) is 7.06. The number of benzene rings is 2. The lowest BCUT2D eigenvalue weighted by atomic mass is 9.52. The Hall–Kier alpha value is -3.82. The van der Waals surface area contributed by atoms with Gasteiger partial charge in [-0.15, -0.1) is 0 Å². The summed E-state index contributed by atoms with van der Waals surface area (Å²) < 4.78 is 0. The Kier molecular flexibility index (Phi) is 4.78. The maximum Gasteiger partial charge on any atom is 0.308 e. The second-order valence-electron chi connectivity index (χ2n) is 6.41. The highest BCUT2D eigenvalue weighted by atomic mass is 16.6. The topological polar surface area (TPSA) is 161 Å². The van der Waals surface area contributed by atoms with E-state index < -0.39 is 45.5 Å². The molecule has 3 rings (SSSR count). The van der Waals surface area contributed by atoms with Crippen LogP contribution >= 0.6 is 0 Å². The molecule has 1 saturated carbocycles. The highest BCUT2D eigenvalue weighted by Crippen LogP contribution is 2.60. The standard InChI is InChI=1S/C18H14N2O8/c21-17(22)15-13(9-5-1-3-7-11(9)19(25)26)14(16(15)18(23)24)10-6-2-4-8-12(10)20(27)28/h1-8,13-16H,(H,21,22)(H,23,24). The Morgan fingerprint density at radius 1 is 0.714 bits per heavy atom. The smallest absolute Gasteiger partial charge is 0.308 e. The Morgan fingerprint density at radius 2 is 1.04 bits per heavy atom. The van der Waals surface area contributed by atoms with Gasteiger partial charge in [-0.2, -0.15) is 0 Å². The zero-order valence-electron chi connectivity index (χ0n) is 14.2. The molecule has 0 saturated heterocycles. The predicted octanol–water partition coefficient (Wildman–Crippen LogP) is 2.79. The van der Waals surface area contributed by atoms with E-state index in [9.17, 15) is 40.0 Å². The van der Waals surface area contributed by atoms with Gasteiger partial charge in [0.25, 0.3) is 11.4 Å². The molecule has 28 heavy (non-hydrogen) atoms. The molecule has 10 nitrogen and oxygen atoms in total. The molecule has 4 atom stereocenters. The molecular weight excluding hydrogens is 372 g/mol. The third kappa shape index (κ3) is 2.94. The Labute approximate surface area is 157 Å². The number of carboxylic acid groups (broad SMARTS) is 2. The molecule has 0 aliphatic heterocycles. The quantitative estimate of drug-likeness (QED) is 0.566. The SMILES string of the molecule is O=C(O)C1C(C(=O)O)C(c2ccccc2[N+](=O)[O-])C1c1ccccc1[N+](=O)[O-]. The number of nitro groups is 2. The molecular formula is C18H14N2O8. The fourth-order valence-corrected chi connectivity index (χ4v) is 4.01. The van der Waals surface area contributed by atoms with Crippen molar-refractivity contribution >= 4 is 23.3 Å². The third-order valence-electron chi connectivity index (χ3n) is 5.10. The van der Waals surface area contributed by atoms with Gasteiger partial charge in [0.15, 0.2) is 0 Å². The summed E-state index contributed by atoms with van der Waals surface area (Å²) in [6.07, 6.45) is 0. The first-order chi connectivity index (χ1) is 13.3. The fraction of sp³-hybridized carbons (Fsp3) is 0.222. The van der Waals surface area contributed by atoms with Crippen molar-refractivity contribution in [3.8, 4) is 0 Å². The molecule has 0 amide bonds. The molecule has 0 heterocycles. The number of nitrogens with zero attached hydrogens (tertiary/aromatic N) is 2. The van der Waals surface area contributed by atoms with Gasteiger partial charge in [0.05, 0.1) is 21.7 Å². The van der Waals surface area contributed by atoms with Gasteiger partial charge >= 0.3 is 11.9 Å². The van der Waals surface area contributed by atoms with Gasteiger partial charge in [-0.3, -0.25) is 29.8 Å². The first-order valence-electron chi connectivity index (χ1n) is 8.18. The van der Waals surface area contributed by atoms with Crippen molar-refractivity contribution in [2.45, 2.75) is 11.8 Å². The highest BCUT2D eigenvalue weighted by Gasteiger charge is 2.61. The Morgan fingerprint density at radius 3 is 1.32 bits per heavy atom. The first kappa shape index (κ1) is 19.0. The van der Waals surface area contributed by atoms with Crippen LogP contribution in [-0.4, -0.2) is 32.0 Å². The van der Waals surface area contributed by atoms with Crippen LogP contribution in [0.3, 0.4) is 0 Å². The normalized spacial score (nSPS) is 23.4. The van der Waals surface area contributed by atoms with Crippen molar-refractivity contribution in [3.63, 3.8) is 0 Å². The maximum atomic E-state index is 11.8. The van der Waals surface area contributed by atoms with Gasteiger partial charge in [-0.1, -0.05) is 36.4 Å². The monoisotopic (exact) mass is 386 g/mol. The van der Waals surface area contributed by atoms with Crippen LogP contribution in [-0.2, 0) is 9.59 Å². The zero-order valence-corrected chi connectivity index (χ0v) is 14.2. The molecule has 4 unspecified atom stereocenters. The number of rotatable bonds is 6. The molecule has 2 N–H and O–H groups in total. The van der Waals surface area contributed by atoms with Crippen LogP contribution in [0.25, 0.3) is 0 Å². The molecule has 1 aliphatic rings. The molecule has 10 heteroatoms. The van der Waals surface area contributed by atoms with E-state index in [4.69, 9.17) is 0 Å². The van der Waals surface area contributed by atoms with Gasteiger partial charge in [0.1, 0.15) is 0 Å². The number of carboxylic acids is 2.